The molecule has 0 radical (unpaired) electrons. The van der Waals surface area contributed by atoms with Gasteiger partial charge in [0.2, 0.25) is 23.6 Å². The third-order valence-corrected chi connectivity index (χ3v) is 6.62. The van der Waals surface area contributed by atoms with Gasteiger partial charge in [0.15, 0.2) is 0 Å². The number of nitrogens with one attached hydrogen (secondary N) is 1. The summed E-state index contributed by atoms with van der Waals surface area (Å²) >= 11 is 6.10. The van der Waals surface area contributed by atoms with Gasteiger partial charge in [0.1, 0.15) is 6.04 Å². The molecule has 3 rings (SSSR count). The Balaban J connectivity index is 1.69. The van der Waals surface area contributed by atoms with E-state index in [0.717, 1.165) is 18.4 Å². The van der Waals surface area contributed by atoms with Gasteiger partial charge < -0.3 is 10.2 Å². The lowest BCUT2D eigenvalue weighted by Gasteiger charge is -2.29. The predicted molar refractivity (Wildman–Crippen MR) is 126 cm³/mol. The smallest absolute Gasteiger partial charge is 0.242 e. The van der Waals surface area contributed by atoms with E-state index in [1.807, 2.05) is 25.1 Å². The van der Waals surface area contributed by atoms with E-state index in [2.05, 4.69) is 5.32 Å². The van der Waals surface area contributed by atoms with E-state index in [0.29, 0.717) is 24.4 Å². The molecule has 0 bridgehead atoms. The molecule has 1 fully saturated rings. The molecule has 1 aromatic carbocycles. The number of carbonyl (C=O) groups is 4. The molecule has 1 aromatic rings. The molecule has 0 aromatic heterocycles. The maximum atomic E-state index is 13.2. The van der Waals surface area contributed by atoms with Crippen LogP contribution in [0.25, 0.3) is 0 Å². The Morgan fingerprint density at radius 3 is 2.45 bits per heavy atom. The van der Waals surface area contributed by atoms with Crippen LogP contribution in [0, 0.1) is 11.8 Å². The standard InChI is InChI=1S/C25H32ClN3O4/c1-3-4-13-27-23(31)17(2)29(16-18-8-7-9-19(26)15-18)22(30)12-14-28-24(32)20-10-5-6-11-21(20)25(28)33/h5-9,15,17,20-21H,3-4,10-14,16H2,1-2H3,(H,27,31)/t17-,20-,21+/m1/s1. The maximum Gasteiger partial charge on any atom is 0.242 e. The van der Waals surface area contributed by atoms with Gasteiger partial charge in [-0.05, 0) is 43.9 Å². The number of allylic oxidation sites excluding steroid dienone is 2. The van der Waals surface area contributed by atoms with Gasteiger partial charge >= 0.3 is 0 Å². The van der Waals surface area contributed by atoms with Gasteiger partial charge in [-0.25, -0.2) is 0 Å². The van der Waals surface area contributed by atoms with Crippen LogP contribution in [0.1, 0.15) is 51.5 Å². The lowest BCUT2D eigenvalue weighted by molar-refractivity contribution is -0.143. The lowest BCUT2D eigenvalue weighted by Crippen LogP contribution is -2.48. The number of hydrogen-bond donors (Lipinski definition) is 1. The molecular formula is C25H32ClN3O4. The largest absolute Gasteiger partial charge is 0.354 e. The molecule has 2 aliphatic rings. The van der Waals surface area contributed by atoms with Crippen molar-refractivity contribution in [2.45, 2.75) is 58.5 Å². The molecule has 1 aliphatic carbocycles. The molecule has 0 saturated carbocycles. The Hall–Kier alpha value is -2.67. The summed E-state index contributed by atoms with van der Waals surface area (Å²) in [6.45, 7) is 4.51. The molecule has 4 amide bonds. The van der Waals surface area contributed by atoms with E-state index in [9.17, 15) is 19.2 Å². The molecule has 3 atom stereocenters. The summed E-state index contributed by atoms with van der Waals surface area (Å²) in [4.78, 5) is 54.1. The SMILES string of the molecule is CCCCNC(=O)[C@@H](C)N(Cc1cccc(Cl)c1)C(=O)CCN1C(=O)[C@H]2CC=CC[C@H]2C1=O. The Kier molecular flexibility index (Phi) is 8.67. The molecule has 8 heteroatoms. The summed E-state index contributed by atoms with van der Waals surface area (Å²) < 4.78 is 0. The van der Waals surface area contributed by atoms with Crippen LogP contribution in [-0.2, 0) is 25.7 Å². The van der Waals surface area contributed by atoms with Crippen LogP contribution < -0.4 is 5.32 Å². The monoisotopic (exact) mass is 473 g/mol. The Bertz CT molecular complexity index is 906. The topological polar surface area (TPSA) is 86.8 Å². The molecule has 1 saturated heterocycles. The molecule has 1 N–H and O–H groups in total. The highest BCUT2D eigenvalue weighted by atomic mass is 35.5. The highest BCUT2D eigenvalue weighted by molar-refractivity contribution is 6.30. The zero-order chi connectivity index (χ0) is 24.0. The van der Waals surface area contributed by atoms with Gasteiger partial charge in [-0.2, -0.15) is 0 Å². The van der Waals surface area contributed by atoms with Crippen molar-refractivity contribution in [3.8, 4) is 0 Å². The van der Waals surface area contributed by atoms with Gasteiger partial charge in [-0.15, -0.1) is 0 Å². The highest BCUT2D eigenvalue weighted by Crippen LogP contribution is 2.35. The van der Waals surface area contributed by atoms with Crippen LogP contribution in [0.2, 0.25) is 5.02 Å². The number of carbonyl (C=O) groups excluding carboxylic acids is 4. The van der Waals surface area contributed by atoms with Crippen LogP contribution in [0.15, 0.2) is 36.4 Å². The zero-order valence-corrected chi connectivity index (χ0v) is 20.0. The fraction of sp³-hybridized carbons (Fsp3) is 0.520. The first kappa shape index (κ1) is 25.0. The summed E-state index contributed by atoms with van der Waals surface area (Å²) in [5.74, 6) is -1.55. The summed E-state index contributed by atoms with van der Waals surface area (Å²) in [5.41, 5.74) is 0.800. The number of halogens is 1. The highest BCUT2D eigenvalue weighted by Gasteiger charge is 2.47. The second-order valence-corrected chi connectivity index (χ2v) is 9.14. The van der Waals surface area contributed by atoms with Crippen LogP contribution in [0.5, 0.6) is 0 Å². The first-order valence-electron chi connectivity index (χ1n) is 11.6. The van der Waals surface area contributed by atoms with Crippen LogP contribution in [-0.4, -0.2) is 52.6 Å². The quantitative estimate of drug-likeness (QED) is 0.321. The minimum atomic E-state index is -0.704. The second kappa shape index (κ2) is 11.5. The molecule has 0 unspecified atom stereocenters. The number of imide groups is 1. The maximum absolute atomic E-state index is 13.2. The van der Waals surface area contributed by atoms with E-state index in [1.54, 1.807) is 25.1 Å². The fourth-order valence-corrected chi connectivity index (χ4v) is 4.60. The average molecular weight is 474 g/mol. The van der Waals surface area contributed by atoms with Crippen molar-refractivity contribution in [3.63, 3.8) is 0 Å². The second-order valence-electron chi connectivity index (χ2n) is 8.71. The van der Waals surface area contributed by atoms with E-state index < -0.39 is 6.04 Å². The summed E-state index contributed by atoms with van der Waals surface area (Å²) in [5, 5.41) is 3.42. The van der Waals surface area contributed by atoms with E-state index in [1.165, 1.54) is 9.80 Å². The molecular weight excluding hydrogens is 442 g/mol. The summed E-state index contributed by atoms with van der Waals surface area (Å²) in [7, 11) is 0. The van der Waals surface area contributed by atoms with Crippen molar-refractivity contribution < 1.29 is 19.2 Å². The van der Waals surface area contributed by atoms with Gasteiger partial charge in [0, 0.05) is 31.1 Å². The van der Waals surface area contributed by atoms with Gasteiger partial charge in [-0.1, -0.05) is 49.2 Å². The van der Waals surface area contributed by atoms with Crippen LogP contribution >= 0.6 is 11.6 Å². The van der Waals surface area contributed by atoms with Crippen molar-refractivity contribution in [1.82, 2.24) is 15.1 Å². The predicted octanol–water partition coefficient (Wildman–Crippen LogP) is 3.31. The first-order chi connectivity index (χ1) is 15.8. The molecule has 1 aliphatic heterocycles. The van der Waals surface area contributed by atoms with Gasteiger partial charge in [0.05, 0.1) is 11.8 Å². The van der Waals surface area contributed by atoms with Crippen molar-refractivity contribution >= 4 is 35.2 Å². The normalized spacial score (nSPS) is 20.5. The minimum Gasteiger partial charge on any atom is -0.354 e. The Labute approximate surface area is 200 Å². The Morgan fingerprint density at radius 1 is 1.18 bits per heavy atom. The lowest BCUT2D eigenvalue weighted by atomic mass is 9.85. The van der Waals surface area contributed by atoms with Crippen molar-refractivity contribution in [2.75, 3.05) is 13.1 Å². The van der Waals surface area contributed by atoms with Crippen LogP contribution in [0.4, 0.5) is 0 Å². The van der Waals surface area contributed by atoms with E-state index in [4.69, 9.17) is 11.6 Å². The number of unbranched alkanes of at least 4 members (excludes halogenated alkanes) is 1. The molecule has 178 valence electrons. The number of benzene rings is 1. The first-order valence-corrected chi connectivity index (χ1v) is 12.0. The average Bonchev–Trinajstić information content (AvgIpc) is 3.05. The van der Waals surface area contributed by atoms with E-state index >= 15 is 0 Å². The van der Waals surface area contributed by atoms with Crippen molar-refractivity contribution in [2.24, 2.45) is 11.8 Å². The molecule has 0 spiro atoms. The van der Waals surface area contributed by atoms with Crippen molar-refractivity contribution in [1.29, 1.82) is 0 Å². The zero-order valence-electron chi connectivity index (χ0n) is 19.3. The number of amides is 4. The number of hydrogen-bond acceptors (Lipinski definition) is 4. The fourth-order valence-electron chi connectivity index (χ4n) is 4.39. The molecule has 1 heterocycles. The number of fused-ring (bicyclic) bond motifs is 1. The van der Waals surface area contributed by atoms with Crippen LogP contribution in [0.3, 0.4) is 0 Å². The summed E-state index contributed by atoms with van der Waals surface area (Å²) in [6, 6.07) is 6.44. The van der Waals surface area contributed by atoms with E-state index in [-0.39, 0.29) is 55.0 Å². The molecule has 33 heavy (non-hydrogen) atoms. The third kappa shape index (κ3) is 6.02. The number of rotatable bonds is 10. The molecule has 7 nitrogen and oxygen atoms in total. The number of nitrogens with zero attached hydrogens (tertiary/aromatic N) is 2. The number of likely N-dealkylation sites (tertiary alicyclic amines) is 1. The van der Waals surface area contributed by atoms with Gasteiger partial charge in [0.25, 0.3) is 0 Å². The van der Waals surface area contributed by atoms with Gasteiger partial charge in [-0.3, -0.25) is 24.1 Å². The minimum absolute atomic E-state index is 0.0275. The third-order valence-electron chi connectivity index (χ3n) is 6.39. The summed E-state index contributed by atoms with van der Waals surface area (Å²) in [6.07, 6.45) is 6.79. The van der Waals surface area contributed by atoms with Crippen molar-refractivity contribution in [3.05, 3.63) is 47.0 Å². The Morgan fingerprint density at radius 2 is 1.85 bits per heavy atom.